The van der Waals surface area contributed by atoms with Gasteiger partial charge in [0.25, 0.3) is 35.5 Å². The molecule has 0 aliphatic carbocycles. The number of carboxylic acids is 4. The molecule has 60 heavy (non-hydrogen) atoms. The molecular weight excluding hydrogens is 804 g/mol. The van der Waals surface area contributed by atoms with Crippen molar-refractivity contribution in [2.24, 2.45) is 0 Å². The molecule has 24 heteroatoms. The molecule has 0 aliphatic heterocycles. The fourth-order valence-electron chi connectivity index (χ4n) is 4.87. The Morgan fingerprint density at radius 2 is 0.700 bits per heavy atom. The molecule has 1 atom stereocenters. The lowest BCUT2D eigenvalue weighted by Gasteiger charge is -2.24. The van der Waals surface area contributed by atoms with Gasteiger partial charge >= 0.3 is 23.9 Å². The molecule has 24 nitrogen and oxygen atoms in total. The summed E-state index contributed by atoms with van der Waals surface area (Å²) in [7, 11) is 7.72. The third-order valence-electron chi connectivity index (χ3n) is 7.79. The molecule has 3 aromatic carbocycles. The van der Waals surface area contributed by atoms with Crippen LogP contribution < -0.4 is 57.7 Å². The van der Waals surface area contributed by atoms with Gasteiger partial charge in [-0.15, -0.1) is 0 Å². The summed E-state index contributed by atoms with van der Waals surface area (Å²) in [6.07, 6.45) is -1.61. The molecule has 0 radical (unpaired) electrons. The number of amides is 5. The van der Waals surface area contributed by atoms with Gasteiger partial charge < -0.3 is 77.9 Å². The molecule has 0 aliphatic rings. The normalized spacial score (nSPS) is 10.4. The van der Waals surface area contributed by atoms with E-state index in [1.165, 1.54) is 42.3 Å². The molecule has 0 fully saturated rings. The van der Waals surface area contributed by atoms with E-state index in [4.69, 9.17) is 30.6 Å². The smallest absolute Gasteiger partial charge is 0.336 e. The van der Waals surface area contributed by atoms with Crippen LogP contribution in [0.4, 0.5) is 0 Å². The highest BCUT2D eigenvalue weighted by molar-refractivity contribution is 6.12. The Kier molecular flexibility index (Phi) is 18.2. The van der Waals surface area contributed by atoms with E-state index in [9.17, 15) is 58.5 Å². The zero-order valence-electron chi connectivity index (χ0n) is 32.1. The van der Waals surface area contributed by atoms with E-state index < -0.39 is 99.0 Å². The maximum atomic E-state index is 11.7. The summed E-state index contributed by atoms with van der Waals surface area (Å²) >= 11 is 0. The predicted molar refractivity (Wildman–Crippen MR) is 197 cm³/mol. The minimum atomic E-state index is -1.67. The van der Waals surface area contributed by atoms with Crippen LogP contribution in [0, 0.1) is 0 Å². The van der Waals surface area contributed by atoms with Crippen LogP contribution in [-0.2, 0) is 0 Å². The molecule has 0 saturated heterocycles. The maximum absolute atomic E-state index is 11.7. The summed E-state index contributed by atoms with van der Waals surface area (Å²) in [6, 6.07) is 5.28. The van der Waals surface area contributed by atoms with Crippen molar-refractivity contribution in [3.63, 3.8) is 0 Å². The zero-order valence-corrected chi connectivity index (χ0v) is 32.1. The third kappa shape index (κ3) is 11.9. The number of aliphatic hydroxyl groups is 2. The lowest BCUT2D eigenvalue weighted by molar-refractivity contribution is -0.436. The topological polar surface area (TPSA) is 416 Å². The molecule has 0 aromatic heterocycles. The molecule has 0 bridgehead atoms. The SMILES string of the molecule is CNC(=O)c1cc(=C(O)O)c(C(=O)NC)cc1=C([O-])[O-].CNC(=O)c1cc(C(=O)O)c(C(=O)NC)cc1C(=O)O.CNC(=O)c1cc(C(=O)O)c(C([O-])NC)cc1C(=O)O. The van der Waals surface area contributed by atoms with E-state index >= 15 is 0 Å². The van der Waals surface area contributed by atoms with Crippen molar-refractivity contribution in [3.8, 4) is 0 Å². The number of hydrogen-bond donors (Lipinski definition) is 12. The summed E-state index contributed by atoms with van der Waals surface area (Å²) in [5.41, 5.74) is -3.62. The quantitative estimate of drug-likeness (QED) is 0.0806. The first kappa shape index (κ1) is 49.8. The van der Waals surface area contributed by atoms with Crippen LogP contribution in [0.25, 0.3) is 11.9 Å². The van der Waals surface area contributed by atoms with Gasteiger partial charge in [-0.1, -0.05) is 0 Å². The first-order valence-corrected chi connectivity index (χ1v) is 16.4. The lowest BCUT2D eigenvalue weighted by atomic mass is 9.96. The molecule has 1 unspecified atom stereocenters. The Hall–Kier alpha value is -8.25. The molecule has 3 rings (SSSR count). The van der Waals surface area contributed by atoms with Gasteiger partial charge in [-0.3, -0.25) is 24.0 Å². The van der Waals surface area contributed by atoms with Crippen molar-refractivity contribution < 1.29 is 89.1 Å². The Morgan fingerprint density at radius 1 is 0.417 bits per heavy atom. The van der Waals surface area contributed by atoms with Crippen LogP contribution in [0.3, 0.4) is 0 Å². The molecular formula is C36H37N6O18-3. The van der Waals surface area contributed by atoms with Crippen molar-refractivity contribution >= 4 is 65.3 Å². The van der Waals surface area contributed by atoms with Crippen LogP contribution in [0.5, 0.6) is 0 Å². The number of nitrogens with one attached hydrogen (secondary N) is 6. The Balaban J connectivity index is 0.000000450. The van der Waals surface area contributed by atoms with E-state index in [2.05, 4.69) is 31.9 Å². The van der Waals surface area contributed by atoms with Gasteiger partial charge in [0, 0.05) is 40.8 Å². The van der Waals surface area contributed by atoms with Crippen molar-refractivity contribution in [1.29, 1.82) is 0 Å². The highest BCUT2D eigenvalue weighted by Gasteiger charge is 2.25. The third-order valence-corrected chi connectivity index (χ3v) is 7.79. The Morgan fingerprint density at radius 3 is 0.983 bits per heavy atom. The van der Waals surface area contributed by atoms with Crippen molar-refractivity contribution in [2.75, 3.05) is 42.3 Å². The standard InChI is InChI=1S/C12H14N2O6.C12H13N2O6.C12H12N2O6/c3*1-13-9(15)5-3-8(12(19)20)6(10(16)14-2)4-7(5)11(17)18/h3-4,17-20H,1-2H3,(H,13,15)(H,14,16);3-4,9,13H,1-2H3,(H,14,16)(H,17,18)(H,19,20);3-4H,1-2H3,(H,13,15)(H,14,16)(H,17,18)(H,19,20)/q;-1;/p-2. The van der Waals surface area contributed by atoms with Crippen LogP contribution >= 0.6 is 0 Å². The molecule has 0 spiro atoms. The van der Waals surface area contributed by atoms with Gasteiger partial charge in [-0.05, 0) is 60.5 Å². The number of rotatable bonds is 11. The van der Waals surface area contributed by atoms with Gasteiger partial charge in [0.2, 0.25) is 0 Å². The molecule has 5 amide bonds. The summed E-state index contributed by atoms with van der Waals surface area (Å²) < 4.78 is 0. The average Bonchev–Trinajstić information content (AvgIpc) is 3.23. The number of carbonyl (C=O) groups excluding carboxylic acids is 5. The second-order valence-corrected chi connectivity index (χ2v) is 11.3. The highest BCUT2D eigenvalue weighted by atomic mass is 16.5. The number of carboxylic acid groups (broad SMARTS) is 4. The molecule has 12 N–H and O–H groups in total. The van der Waals surface area contributed by atoms with Gasteiger partial charge in [0.15, 0.2) is 0 Å². The van der Waals surface area contributed by atoms with Crippen LogP contribution in [0.2, 0.25) is 0 Å². The van der Waals surface area contributed by atoms with Crippen LogP contribution in [0.1, 0.15) is 105 Å². The number of carbonyl (C=O) groups is 9. The van der Waals surface area contributed by atoms with Gasteiger partial charge in [0.05, 0.1) is 49.7 Å². The van der Waals surface area contributed by atoms with E-state index in [1.807, 2.05) is 0 Å². The number of aromatic carboxylic acids is 4. The summed E-state index contributed by atoms with van der Waals surface area (Å²) in [5, 5.41) is 101. The molecule has 0 saturated carbocycles. The summed E-state index contributed by atoms with van der Waals surface area (Å²) in [5.74, 6) is -12.4. The Labute approximate surface area is 337 Å². The zero-order chi connectivity index (χ0) is 46.3. The number of aliphatic hydroxyl groups excluding tert-OH is 1. The lowest BCUT2D eigenvalue weighted by Crippen LogP contribution is -2.38. The van der Waals surface area contributed by atoms with Crippen LogP contribution in [0.15, 0.2) is 36.4 Å². The minimum absolute atomic E-state index is 0.245. The van der Waals surface area contributed by atoms with Crippen molar-refractivity contribution in [2.45, 2.75) is 6.23 Å². The highest BCUT2D eigenvalue weighted by Crippen LogP contribution is 2.22. The van der Waals surface area contributed by atoms with Crippen molar-refractivity contribution in [3.05, 3.63) is 102 Å². The number of hydrogen-bond acceptors (Lipinski definition) is 15. The second-order valence-electron chi connectivity index (χ2n) is 11.3. The predicted octanol–water partition coefficient (Wildman–Crippen LogP) is -4.80. The molecule has 322 valence electrons. The van der Waals surface area contributed by atoms with Gasteiger partial charge in [-0.2, -0.15) is 5.95 Å². The van der Waals surface area contributed by atoms with Crippen molar-refractivity contribution in [1.82, 2.24) is 31.9 Å². The summed E-state index contributed by atoms with van der Waals surface area (Å²) in [4.78, 5) is 103. The molecule has 0 heterocycles. The first-order chi connectivity index (χ1) is 28.0. The van der Waals surface area contributed by atoms with E-state index in [0.29, 0.717) is 0 Å². The van der Waals surface area contributed by atoms with E-state index in [0.717, 1.165) is 36.4 Å². The van der Waals surface area contributed by atoms with E-state index in [1.54, 1.807) is 0 Å². The van der Waals surface area contributed by atoms with Crippen LogP contribution in [-0.4, -0.2) is 126 Å². The summed E-state index contributed by atoms with van der Waals surface area (Å²) in [6.45, 7) is 0. The fraction of sp³-hybridized carbons (Fsp3) is 0.194. The van der Waals surface area contributed by atoms with Gasteiger partial charge in [0.1, 0.15) is 0 Å². The van der Waals surface area contributed by atoms with Gasteiger partial charge in [-0.25, -0.2) is 19.2 Å². The largest absolute Gasteiger partial charge is 0.884 e. The number of benzene rings is 3. The fourth-order valence-corrected chi connectivity index (χ4v) is 4.87. The monoisotopic (exact) mass is 841 g/mol. The maximum Gasteiger partial charge on any atom is 0.336 e. The average molecular weight is 842 g/mol. The van der Waals surface area contributed by atoms with E-state index in [-0.39, 0.29) is 38.6 Å². The minimum Gasteiger partial charge on any atom is -0.884 e. The second kappa shape index (κ2) is 21.9. The molecule has 3 aromatic rings. The Bertz CT molecular complexity index is 2260. The first-order valence-electron chi connectivity index (χ1n) is 16.4.